The molecular formula is C14H14IN3O2. The Labute approximate surface area is 130 Å². The van der Waals surface area contributed by atoms with E-state index in [1.165, 1.54) is 10.9 Å². The second kappa shape index (κ2) is 6.17. The molecule has 0 bridgehead atoms. The molecule has 1 amide bonds. The van der Waals surface area contributed by atoms with Crippen LogP contribution in [-0.4, -0.2) is 15.5 Å². The lowest BCUT2D eigenvalue weighted by Crippen LogP contribution is -2.29. The minimum Gasteiger partial charge on any atom is -0.325 e. The quantitative estimate of drug-likeness (QED) is 0.826. The second-order valence-corrected chi connectivity index (χ2v) is 5.57. The fourth-order valence-corrected chi connectivity index (χ4v) is 2.19. The molecule has 0 unspecified atom stereocenters. The van der Waals surface area contributed by atoms with Crippen molar-refractivity contribution in [2.45, 2.75) is 20.4 Å². The molecule has 0 aliphatic heterocycles. The Bertz CT molecular complexity index is 710. The van der Waals surface area contributed by atoms with Gasteiger partial charge < -0.3 is 5.32 Å². The molecule has 0 aliphatic carbocycles. The van der Waals surface area contributed by atoms with Gasteiger partial charge in [-0.1, -0.05) is 12.1 Å². The van der Waals surface area contributed by atoms with Crippen LogP contribution in [0.25, 0.3) is 0 Å². The molecule has 0 saturated heterocycles. The standard InChI is InChI=1S/C14H14IN3O2/c1-9-4-3-5-11(6-9)17-12(19)7-18-8-16-10(2)13(15)14(18)20/h3-6,8H,7H2,1-2H3,(H,17,19). The van der Waals surface area contributed by atoms with Crippen molar-refractivity contribution in [3.8, 4) is 0 Å². The number of rotatable bonds is 3. The number of anilines is 1. The Balaban J connectivity index is 2.13. The first-order valence-corrected chi connectivity index (χ1v) is 7.13. The van der Waals surface area contributed by atoms with Crippen LogP contribution in [0.5, 0.6) is 0 Å². The van der Waals surface area contributed by atoms with Crippen LogP contribution >= 0.6 is 22.6 Å². The second-order valence-electron chi connectivity index (χ2n) is 4.49. The average molecular weight is 383 g/mol. The molecule has 0 aliphatic rings. The Morgan fingerprint density at radius 2 is 2.15 bits per heavy atom. The molecule has 1 heterocycles. The Hall–Kier alpha value is -1.70. The first-order valence-electron chi connectivity index (χ1n) is 6.05. The van der Waals surface area contributed by atoms with Gasteiger partial charge >= 0.3 is 0 Å². The minimum atomic E-state index is -0.251. The van der Waals surface area contributed by atoms with Crippen molar-refractivity contribution in [1.82, 2.24) is 9.55 Å². The van der Waals surface area contributed by atoms with Gasteiger partial charge in [0, 0.05) is 5.69 Å². The summed E-state index contributed by atoms with van der Waals surface area (Å²) in [5, 5.41) is 2.76. The zero-order valence-corrected chi connectivity index (χ0v) is 13.3. The van der Waals surface area contributed by atoms with Crippen LogP contribution in [0.2, 0.25) is 0 Å². The number of aryl methyl sites for hydroxylation is 2. The largest absolute Gasteiger partial charge is 0.325 e. The van der Waals surface area contributed by atoms with Gasteiger partial charge in [0.2, 0.25) is 5.91 Å². The van der Waals surface area contributed by atoms with E-state index in [0.717, 1.165) is 11.3 Å². The van der Waals surface area contributed by atoms with Crippen LogP contribution in [0, 0.1) is 17.4 Å². The first-order chi connectivity index (χ1) is 9.47. The lowest BCUT2D eigenvalue weighted by atomic mass is 10.2. The highest BCUT2D eigenvalue weighted by molar-refractivity contribution is 14.1. The average Bonchev–Trinajstić information content (AvgIpc) is 2.39. The van der Waals surface area contributed by atoms with Crippen LogP contribution in [-0.2, 0) is 11.3 Å². The Morgan fingerprint density at radius 3 is 2.85 bits per heavy atom. The summed E-state index contributed by atoms with van der Waals surface area (Å²) in [6.45, 7) is 3.67. The fraction of sp³-hybridized carbons (Fsp3) is 0.214. The molecule has 1 N–H and O–H groups in total. The van der Waals surface area contributed by atoms with E-state index in [0.29, 0.717) is 9.26 Å². The molecule has 0 atom stereocenters. The summed E-state index contributed by atoms with van der Waals surface area (Å²) in [5.74, 6) is -0.251. The molecule has 0 radical (unpaired) electrons. The van der Waals surface area contributed by atoms with Gasteiger partial charge in [-0.2, -0.15) is 0 Å². The van der Waals surface area contributed by atoms with Crippen molar-refractivity contribution in [3.05, 3.63) is 55.8 Å². The molecule has 0 saturated carbocycles. The highest BCUT2D eigenvalue weighted by atomic mass is 127. The summed E-state index contributed by atoms with van der Waals surface area (Å²) in [6, 6.07) is 7.50. The van der Waals surface area contributed by atoms with Crippen molar-refractivity contribution in [1.29, 1.82) is 0 Å². The van der Waals surface area contributed by atoms with E-state index < -0.39 is 0 Å². The molecule has 2 rings (SSSR count). The predicted octanol–water partition coefficient (Wildman–Crippen LogP) is 2.10. The van der Waals surface area contributed by atoms with Crippen LogP contribution in [0.4, 0.5) is 5.69 Å². The number of benzene rings is 1. The van der Waals surface area contributed by atoms with Gasteiger partial charge in [0.05, 0.1) is 15.6 Å². The van der Waals surface area contributed by atoms with Crippen LogP contribution in [0.15, 0.2) is 35.4 Å². The first kappa shape index (κ1) is 14.7. The third-order valence-corrected chi connectivity index (χ3v) is 4.01. The maximum atomic E-state index is 12.0. The number of aromatic nitrogens is 2. The summed E-state index contributed by atoms with van der Waals surface area (Å²) in [7, 11) is 0. The van der Waals surface area contributed by atoms with Crippen molar-refractivity contribution in [2.24, 2.45) is 0 Å². The maximum Gasteiger partial charge on any atom is 0.267 e. The van der Waals surface area contributed by atoms with Gasteiger partial charge in [0.15, 0.2) is 0 Å². The van der Waals surface area contributed by atoms with E-state index in [4.69, 9.17) is 0 Å². The Morgan fingerprint density at radius 1 is 1.40 bits per heavy atom. The number of amides is 1. The molecule has 104 valence electrons. The normalized spacial score (nSPS) is 10.3. The molecular weight excluding hydrogens is 369 g/mol. The summed E-state index contributed by atoms with van der Waals surface area (Å²) >= 11 is 1.94. The SMILES string of the molecule is Cc1cccc(NC(=O)Cn2cnc(C)c(I)c2=O)c1. The van der Waals surface area contributed by atoms with Gasteiger partial charge in [-0.05, 0) is 54.1 Å². The van der Waals surface area contributed by atoms with E-state index in [2.05, 4.69) is 10.3 Å². The number of carbonyl (C=O) groups excluding carboxylic acids is 1. The van der Waals surface area contributed by atoms with Crippen LogP contribution in [0.1, 0.15) is 11.3 Å². The van der Waals surface area contributed by atoms with Crippen molar-refractivity contribution in [2.75, 3.05) is 5.32 Å². The number of carbonyl (C=O) groups is 1. The molecule has 1 aromatic carbocycles. The number of nitrogens with one attached hydrogen (secondary N) is 1. The van der Waals surface area contributed by atoms with Gasteiger partial charge in [0.1, 0.15) is 6.54 Å². The minimum absolute atomic E-state index is 0.0456. The molecule has 6 heteroatoms. The lowest BCUT2D eigenvalue weighted by molar-refractivity contribution is -0.116. The van der Waals surface area contributed by atoms with Gasteiger partial charge in [-0.3, -0.25) is 14.2 Å². The van der Waals surface area contributed by atoms with E-state index >= 15 is 0 Å². The molecule has 2 aromatic rings. The van der Waals surface area contributed by atoms with E-state index in [1.54, 1.807) is 6.92 Å². The zero-order chi connectivity index (χ0) is 14.7. The smallest absolute Gasteiger partial charge is 0.267 e. The molecule has 5 nitrogen and oxygen atoms in total. The Kier molecular flexibility index (Phi) is 4.53. The van der Waals surface area contributed by atoms with Crippen LogP contribution in [0.3, 0.4) is 0 Å². The van der Waals surface area contributed by atoms with Crippen molar-refractivity contribution < 1.29 is 4.79 Å². The summed E-state index contributed by atoms with van der Waals surface area (Å²) in [4.78, 5) is 28.0. The van der Waals surface area contributed by atoms with Gasteiger partial charge in [0.25, 0.3) is 5.56 Å². The van der Waals surface area contributed by atoms with Gasteiger partial charge in [-0.15, -0.1) is 0 Å². The highest BCUT2D eigenvalue weighted by Gasteiger charge is 2.09. The maximum absolute atomic E-state index is 12.0. The van der Waals surface area contributed by atoms with Crippen molar-refractivity contribution >= 4 is 34.2 Å². The topological polar surface area (TPSA) is 64.0 Å². The predicted molar refractivity (Wildman–Crippen MR) is 85.8 cm³/mol. The third kappa shape index (κ3) is 3.44. The summed E-state index contributed by atoms with van der Waals surface area (Å²) < 4.78 is 1.84. The summed E-state index contributed by atoms with van der Waals surface area (Å²) in [5.41, 5.74) is 2.26. The van der Waals surface area contributed by atoms with E-state index in [1.807, 2.05) is 53.8 Å². The zero-order valence-electron chi connectivity index (χ0n) is 11.2. The lowest BCUT2D eigenvalue weighted by Gasteiger charge is -2.08. The van der Waals surface area contributed by atoms with E-state index in [-0.39, 0.29) is 18.0 Å². The monoisotopic (exact) mass is 383 g/mol. The molecule has 0 spiro atoms. The molecule has 20 heavy (non-hydrogen) atoms. The fourth-order valence-electron chi connectivity index (χ4n) is 1.74. The number of hydrogen-bond acceptors (Lipinski definition) is 3. The van der Waals surface area contributed by atoms with Gasteiger partial charge in [-0.25, -0.2) is 4.98 Å². The third-order valence-electron chi connectivity index (χ3n) is 2.77. The number of nitrogens with zero attached hydrogens (tertiary/aromatic N) is 2. The number of hydrogen-bond donors (Lipinski definition) is 1. The molecule has 0 fully saturated rings. The number of halogens is 1. The summed E-state index contributed by atoms with van der Waals surface area (Å²) in [6.07, 6.45) is 1.40. The van der Waals surface area contributed by atoms with Crippen molar-refractivity contribution in [3.63, 3.8) is 0 Å². The molecule has 1 aromatic heterocycles. The van der Waals surface area contributed by atoms with Crippen LogP contribution < -0.4 is 10.9 Å². The van der Waals surface area contributed by atoms with E-state index in [9.17, 15) is 9.59 Å². The highest BCUT2D eigenvalue weighted by Crippen LogP contribution is 2.09.